The van der Waals surface area contributed by atoms with E-state index in [2.05, 4.69) is 25.3 Å². The first-order valence-electron chi connectivity index (χ1n) is 15.3. The van der Waals surface area contributed by atoms with Crippen LogP contribution in [0.25, 0.3) is 5.82 Å². The lowest BCUT2D eigenvalue weighted by molar-refractivity contribution is -0.220. The Kier molecular flexibility index (Phi) is 16.2. The second-order valence-corrected chi connectivity index (χ2v) is 12.9. The number of ether oxygens (including phenoxy) is 4. The molecule has 0 saturated carbocycles. The van der Waals surface area contributed by atoms with E-state index in [1.54, 1.807) is 13.8 Å². The number of aromatic nitrogens is 6. The van der Waals surface area contributed by atoms with Gasteiger partial charge in [0.15, 0.2) is 5.82 Å². The van der Waals surface area contributed by atoms with E-state index in [-0.39, 0.29) is 50.8 Å². The van der Waals surface area contributed by atoms with Gasteiger partial charge in [-0.3, -0.25) is 0 Å². The van der Waals surface area contributed by atoms with Crippen molar-refractivity contribution in [3.63, 3.8) is 0 Å². The Bertz CT molecular complexity index is 1790. The number of nitrogens with one attached hydrogen (secondary N) is 1. The molecule has 21 heteroatoms. The number of hydrogen-bond acceptors (Lipinski definition) is 10. The molecule has 4 aromatic rings. The molecule has 1 N–H and O–H groups in total. The summed E-state index contributed by atoms with van der Waals surface area (Å²) in [5, 5.41) is 10.2. The van der Waals surface area contributed by atoms with Crippen LogP contribution < -0.4 is 9.47 Å². The minimum atomic E-state index is -4.40. The van der Waals surface area contributed by atoms with Gasteiger partial charge >= 0.3 is 24.3 Å². The standard InChI is InChI=1S/C16H17ClF3N3O3.C8H7Cl2NO2.C8H11F3N2O/c1-4-25-14(24)10-5-6-11(21-13(10)17)23-8-7-12(22-23)26-9-15(2,3)16(18,19)20;1-2-13-8(12)5-3-4-6(9)11-7(5)10;1-7(2,8(9,10)11)5-14-6-3-4-12-13-6/h5-8H,4,9H2,1-3H3;3-4H,2H2,1H3;3-4H,5H2,1-2H3,(H,12,13). The second kappa shape index (κ2) is 19.2. The molecular weight excluding hydrogens is 785 g/mol. The number of alkyl halides is 6. The Hall–Kier alpha value is -4.29. The molecule has 0 aliphatic carbocycles. The summed E-state index contributed by atoms with van der Waals surface area (Å²) in [6, 6.07) is 8.75. The number of hydrogen-bond donors (Lipinski definition) is 1. The summed E-state index contributed by atoms with van der Waals surface area (Å²) in [5.41, 5.74) is -3.54. The minimum Gasteiger partial charge on any atom is -0.477 e. The van der Waals surface area contributed by atoms with Crippen LogP contribution in [0.4, 0.5) is 26.3 Å². The van der Waals surface area contributed by atoms with Gasteiger partial charge in [0.2, 0.25) is 11.8 Å². The number of carbonyl (C=O) groups is 2. The number of esters is 2. The summed E-state index contributed by atoms with van der Waals surface area (Å²) in [4.78, 5) is 30.6. The first kappa shape index (κ1) is 44.9. The van der Waals surface area contributed by atoms with Gasteiger partial charge in [0, 0.05) is 18.3 Å². The Balaban J connectivity index is 0.000000303. The highest BCUT2D eigenvalue weighted by Crippen LogP contribution is 2.38. The Morgan fingerprint density at radius 2 is 1.25 bits per heavy atom. The van der Waals surface area contributed by atoms with E-state index in [1.165, 1.54) is 53.5 Å². The third-order valence-electron chi connectivity index (χ3n) is 6.62. The monoisotopic (exact) mass is 818 g/mol. The molecule has 0 aliphatic heterocycles. The van der Waals surface area contributed by atoms with Crippen molar-refractivity contribution in [2.45, 2.75) is 53.9 Å². The normalized spacial score (nSPS) is 11.8. The van der Waals surface area contributed by atoms with Crippen LogP contribution in [0.15, 0.2) is 48.8 Å². The Labute approximate surface area is 315 Å². The SMILES string of the molecule is CC(C)(COc1ccn[nH]1)C(F)(F)F.CCOC(=O)c1ccc(-n2ccc(OCC(C)(C)C(F)(F)F)n2)nc1Cl.CCOC(=O)c1ccc(Cl)nc1Cl. The first-order chi connectivity index (χ1) is 24.5. The number of pyridine rings is 2. The van der Waals surface area contributed by atoms with Crippen molar-refractivity contribution < 1.29 is 54.9 Å². The van der Waals surface area contributed by atoms with Gasteiger partial charge in [0.25, 0.3) is 0 Å². The average molecular weight is 820 g/mol. The van der Waals surface area contributed by atoms with E-state index in [4.69, 9.17) is 53.8 Å². The van der Waals surface area contributed by atoms with Gasteiger partial charge in [-0.1, -0.05) is 34.8 Å². The van der Waals surface area contributed by atoms with Crippen molar-refractivity contribution in [1.29, 1.82) is 0 Å². The topological polar surface area (TPSA) is 143 Å². The molecular formula is C32H35Cl3F6N6O6. The zero-order chi connectivity index (χ0) is 40.2. The lowest BCUT2D eigenvalue weighted by Gasteiger charge is -2.26. The molecule has 0 unspecified atom stereocenters. The van der Waals surface area contributed by atoms with Gasteiger partial charge in [-0.2, -0.15) is 31.4 Å². The number of nitrogens with zero attached hydrogens (tertiary/aromatic N) is 5. The smallest absolute Gasteiger partial charge is 0.397 e. The van der Waals surface area contributed by atoms with Gasteiger partial charge in [0.05, 0.1) is 41.4 Å². The molecule has 0 amide bonds. The molecule has 0 fully saturated rings. The zero-order valence-corrected chi connectivity index (χ0v) is 31.3. The van der Waals surface area contributed by atoms with E-state index in [9.17, 15) is 35.9 Å². The third kappa shape index (κ3) is 13.6. The molecule has 0 aliphatic rings. The summed E-state index contributed by atoms with van der Waals surface area (Å²) in [6.07, 6.45) is -5.80. The highest BCUT2D eigenvalue weighted by atomic mass is 35.5. The molecule has 4 rings (SSSR count). The van der Waals surface area contributed by atoms with Crippen LogP contribution in [0.1, 0.15) is 62.3 Å². The Morgan fingerprint density at radius 1 is 0.736 bits per heavy atom. The number of rotatable bonds is 11. The molecule has 292 valence electrons. The molecule has 53 heavy (non-hydrogen) atoms. The van der Waals surface area contributed by atoms with Crippen molar-refractivity contribution in [1.82, 2.24) is 29.9 Å². The Morgan fingerprint density at radius 3 is 1.70 bits per heavy atom. The summed E-state index contributed by atoms with van der Waals surface area (Å²) < 4.78 is 96.5. The fourth-order valence-corrected chi connectivity index (χ4v) is 3.85. The molecule has 0 aromatic carbocycles. The van der Waals surface area contributed by atoms with E-state index in [0.29, 0.717) is 6.61 Å². The molecule has 0 atom stereocenters. The van der Waals surface area contributed by atoms with E-state index in [0.717, 1.165) is 27.7 Å². The molecule has 0 radical (unpaired) electrons. The van der Waals surface area contributed by atoms with Crippen LogP contribution >= 0.6 is 34.8 Å². The van der Waals surface area contributed by atoms with Crippen LogP contribution in [-0.2, 0) is 9.47 Å². The molecule has 4 aromatic heterocycles. The lowest BCUT2D eigenvalue weighted by Crippen LogP contribution is -2.37. The largest absolute Gasteiger partial charge is 0.477 e. The van der Waals surface area contributed by atoms with Crippen molar-refractivity contribution in [3.05, 3.63) is 75.4 Å². The quantitative estimate of drug-likeness (QED) is 0.0885. The summed E-state index contributed by atoms with van der Waals surface area (Å²) in [6.45, 7) is 7.13. The fraction of sp³-hybridized carbons (Fsp3) is 0.438. The van der Waals surface area contributed by atoms with E-state index >= 15 is 0 Å². The van der Waals surface area contributed by atoms with E-state index in [1.807, 2.05) is 0 Å². The summed E-state index contributed by atoms with van der Waals surface area (Å²) in [5.74, 6) is -0.572. The van der Waals surface area contributed by atoms with Gasteiger partial charge in [0.1, 0.15) is 28.7 Å². The number of halogens is 9. The third-order valence-corrected chi connectivity index (χ3v) is 7.40. The van der Waals surface area contributed by atoms with Crippen LogP contribution in [0.2, 0.25) is 15.5 Å². The maximum absolute atomic E-state index is 12.8. The number of H-pyrrole nitrogens is 1. The maximum Gasteiger partial charge on any atom is 0.397 e. The molecule has 12 nitrogen and oxygen atoms in total. The van der Waals surface area contributed by atoms with Gasteiger partial charge in [-0.05, 0) is 65.8 Å². The van der Waals surface area contributed by atoms with Crippen LogP contribution in [0, 0.1) is 10.8 Å². The number of aromatic amines is 1. The van der Waals surface area contributed by atoms with Crippen LogP contribution in [0.5, 0.6) is 11.8 Å². The number of carbonyl (C=O) groups excluding carboxylic acids is 2. The van der Waals surface area contributed by atoms with Crippen molar-refractivity contribution in [2.75, 3.05) is 26.4 Å². The predicted molar refractivity (Wildman–Crippen MR) is 182 cm³/mol. The average Bonchev–Trinajstić information content (AvgIpc) is 3.75. The first-order valence-corrected chi connectivity index (χ1v) is 16.4. The highest BCUT2D eigenvalue weighted by molar-refractivity contribution is 6.34. The van der Waals surface area contributed by atoms with Gasteiger partial charge in [-0.25, -0.2) is 29.3 Å². The minimum absolute atomic E-state index is 0.00900. The molecule has 0 saturated heterocycles. The zero-order valence-electron chi connectivity index (χ0n) is 29.0. The maximum atomic E-state index is 12.8. The lowest BCUT2D eigenvalue weighted by atomic mass is 9.94. The molecule has 4 heterocycles. The predicted octanol–water partition coefficient (Wildman–Crippen LogP) is 9.01. The van der Waals surface area contributed by atoms with Crippen molar-refractivity contribution in [2.24, 2.45) is 10.8 Å². The molecule has 0 spiro atoms. The van der Waals surface area contributed by atoms with Crippen LogP contribution in [-0.4, -0.2) is 80.7 Å². The van der Waals surface area contributed by atoms with E-state index < -0.39 is 48.3 Å². The van der Waals surface area contributed by atoms with Gasteiger partial charge < -0.3 is 18.9 Å². The van der Waals surface area contributed by atoms with Crippen molar-refractivity contribution in [3.8, 4) is 17.6 Å². The highest BCUT2D eigenvalue weighted by Gasteiger charge is 2.48. The summed E-state index contributed by atoms with van der Waals surface area (Å²) >= 11 is 17.2. The second-order valence-electron chi connectivity index (χ2n) is 11.8. The van der Waals surface area contributed by atoms with Crippen LogP contribution in [0.3, 0.4) is 0 Å². The fourth-order valence-electron chi connectivity index (χ4n) is 3.20. The molecule has 0 bridgehead atoms. The van der Waals surface area contributed by atoms with Gasteiger partial charge in [-0.15, -0.1) is 5.10 Å². The summed E-state index contributed by atoms with van der Waals surface area (Å²) in [7, 11) is 0. The van der Waals surface area contributed by atoms with Crippen molar-refractivity contribution >= 4 is 46.7 Å².